The van der Waals surface area contributed by atoms with Crippen molar-refractivity contribution in [2.24, 2.45) is 20.5 Å². The number of anilines is 1. The molecular weight excluding hydrogens is 610 g/mol. The van der Waals surface area contributed by atoms with E-state index in [4.69, 9.17) is 4.55 Å². The monoisotopic (exact) mass is 631 g/mol. The Morgan fingerprint density at radius 3 is 1.73 bits per heavy atom. The molecule has 15 heteroatoms. The Bertz CT molecular complexity index is 2150. The van der Waals surface area contributed by atoms with Crippen molar-refractivity contribution in [2.45, 2.75) is 9.79 Å². The third-order valence-corrected chi connectivity index (χ3v) is 7.89. The lowest BCUT2D eigenvalue weighted by Gasteiger charge is -2.11. The number of nitrogens with zero attached hydrogens (tertiary/aromatic N) is 4. The molecule has 0 fully saturated rings. The summed E-state index contributed by atoms with van der Waals surface area (Å²) in [5, 5.41) is 29.9. The molecule has 5 rings (SSSR count). The number of phenols is 1. The molecule has 0 aliphatic rings. The van der Waals surface area contributed by atoms with Gasteiger partial charge in [0.15, 0.2) is 5.75 Å². The number of benzene rings is 5. The molecule has 1 amide bonds. The Kier molecular flexibility index (Phi) is 8.28. The first-order chi connectivity index (χ1) is 20.9. The van der Waals surface area contributed by atoms with Crippen molar-refractivity contribution >= 4 is 65.4 Å². The van der Waals surface area contributed by atoms with Crippen LogP contribution < -0.4 is 5.32 Å². The summed E-state index contributed by atoms with van der Waals surface area (Å²) in [5.74, 6) is -0.943. The molecule has 0 unspecified atom stereocenters. The summed E-state index contributed by atoms with van der Waals surface area (Å²) in [4.78, 5) is 11.5. The van der Waals surface area contributed by atoms with Gasteiger partial charge in [-0.05, 0) is 90.3 Å². The summed E-state index contributed by atoms with van der Waals surface area (Å²) in [6, 6.07) is 25.1. The average molecular weight is 632 g/mol. The average Bonchev–Trinajstić information content (AvgIpc) is 2.99. The standard InChI is InChI=1S/C29H21N5O8S2/c35-28-25-15-12-23(30-29(36)18-4-2-1-3-5-18)16-19(25)17-26(44(40,41)42)27(28)34-33-21-8-6-20(7-9-21)31-32-22-10-13-24(14-11-22)43(37,38)39/h1-17,35H,(H,30,36)(H,37,38,39)(H,40,41,42). The molecule has 13 nitrogen and oxygen atoms in total. The van der Waals surface area contributed by atoms with Crippen LogP contribution in [0.5, 0.6) is 5.75 Å². The number of rotatable bonds is 8. The number of aromatic hydroxyl groups is 1. The number of hydrogen-bond donors (Lipinski definition) is 4. The maximum absolute atomic E-state index is 12.5. The van der Waals surface area contributed by atoms with Gasteiger partial charge in [-0.1, -0.05) is 18.2 Å². The van der Waals surface area contributed by atoms with Crippen LogP contribution in [0.1, 0.15) is 10.4 Å². The maximum Gasteiger partial charge on any atom is 0.296 e. The molecule has 0 saturated heterocycles. The van der Waals surface area contributed by atoms with E-state index in [1.807, 2.05) is 0 Å². The molecule has 0 heterocycles. The fourth-order valence-electron chi connectivity index (χ4n) is 4.01. The number of carbonyl (C=O) groups is 1. The molecule has 0 bridgehead atoms. The first kappa shape index (κ1) is 30.1. The quantitative estimate of drug-likeness (QED) is 0.102. The van der Waals surface area contributed by atoms with E-state index in [0.29, 0.717) is 22.6 Å². The van der Waals surface area contributed by atoms with E-state index >= 15 is 0 Å². The van der Waals surface area contributed by atoms with Gasteiger partial charge in [-0.15, -0.1) is 5.11 Å². The lowest BCUT2D eigenvalue weighted by molar-refractivity contribution is 0.102. The summed E-state index contributed by atoms with van der Waals surface area (Å²) in [7, 11) is -9.18. The van der Waals surface area contributed by atoms with E-state index in [1.54, 1.807) is 30.3 Å². The zero-order chi connectivity index (χ0) is 31.5. The van der Waals surface area contributed by atoms with Gasteiger partial charge in [-0.25, -0.2) is 0 Å². The van der Waals surface area contributed by atoms with E-state index in [1.165, 1.54) is 66.7 Å². The second kappa shape index (κ2) is 12.1. The lowest BCUT2D eigenvalue weighted by Crippen LogP contribution is -2.11. The molecule has 0 aliphatic heterocycles. The number of fused-ring (bicyclic) bond motifs is 1. The Labute approximate surface area is 250 Å². The van der Waals surface area contributed by atoms with Crippen LogP contribution in [-0.4, -0.2) is 37.0 Å². The van der Waals surface area contributed by atoms with Gasteiger partial charge in [-0.3, -0.25) is 13.9 Å². The zero-order valence-corrected chi connectivity index (χ0v) is 23.9. The van der Waals surface area contributed by atoms with Crippen LogP contribution in [0.4, 0.5) is 28.4 Å². The second-order valence-electron chi connectivity index (χ2n) is 9.19. The SMILES string of the molecule is O=C(Nc1ccc2c(O)c(N=Nc3ccc(N=Nc4ccc(S(=O)(=O)O)cc4)cc3)c(S(=O)(=O)O)cc2c1)c1ccccc1. The Hall–Kier alpha value is -5.35. The van der Waals surface area contributed by atoms with E-state index in [0.717, 1.165) is 6.07 Å². The largest absolute Gasteiger partial charge is 0.505 e. The highest BCUT2D eigenvalue weighted by molar-refractivity contribution is 7.86. The van der Waals surface area contributed by atoms with Gasteiger partial charge in [-0.2, -0.15) is 32.2 Å². The van der Waals surface area contributed by atoms with Crippen LogP contribution in [0.15, 0.2) is 133 Å². The highest BCUT2D eigenvalue weighted by Crippen LogP contribution is 2.42. The zero-order valence-electron chi connectivity index (χ0n) is 22.3. The number of phenolic OH excluding ortho intramolecular Hbond substituents is 1. The minimum Gasteiger partial charge on any atom is -0.505 e. The number of amides is 1. The topological polar surface area (TPSA) is 208 Å². The van der Waals surface area contributed by atoms with Crippen molar-refractivity contribution in [1.82, 2.24) is 0 Å². The molecule has 0 aliphatic carbocycles. The second-order valence-corrected chi connectivity index (χ2v) is 12.0. The van der Waals surface area contributed by atoms with Crippen LogP contribution in [0.3, 0.4) is 0 Å². The first-order valence-corrected chi connectivity index (χ1v) is 15.4. The van der Waals surface area contributed by atoms with Gasteiger partial charge >= 0.3 is 0 Å². The van der Waals surface area contributed by atoms with Crippen molar-refractivity contribution in [3.05, 3.63) is 109 Å². The van der Waals surface area contributed by atoms with Crippen molar-refractivity contribution in [2.75, 3.05) is 5.32 Å². The number of azo groups is 2. The van der Waals surface area contributed by atoms with Gasteiger partial charge in [0.25, 0.3) is 26.1 Å². The summed E-state index contributed by atoms with van der Waals surface area (Å²) in [5.41, 5.74) is 1.23. The third-order valence-electron chi connectivity index (χ3n) is 6.15. The van der Waals surface area contributed by atoms with Crippen LogP contribution in [0, 0.1) is 0 Å². The van der Waals surface area contributed by atoms with Gasteiger partial charge in [0.1, 0.15) is 10.6 Å². The fourth-order valence-corrected chi connectivity index (χ4v) is 5.15. The third kappa shape index (κ3) is 6.99. The van der Waals surface area contributed by atoms with Crippen molar-refractivity contribution in [1.29, 1.82) is 0 Å². The maximum atomic E-state index is 12.5. The van der Waals surface area contributed by atoms with E-state index in [2.05, 4.69) is 25.8 Å². The smallest absolute Gasteiger partial charge is 0.296 e. The first-order valence-electron chi connectivity index (χ1n) is 12.5. The molecule has 5 aromatic carbocycles. The van der Waals surface area contributed by atoms with E-state index in [9.17, 15) is 31.3 Å². The van der Waals surface area contributed by atoms with Crippen LogP contribution in [-0.2, 0) is 20.2 Å². The van der Waals surface area contributed by atoms with Crippen molar-refractivity contribution in [3.8, 4) is 5.75 Å². The highest BCUT2D eigenvalue weighted by Gasteiger charge is 2.22. The molecular formula is C29H21N5O8S2. The fraction of sp³-hybridized carbons (Fsp3) is 0. The molecule has 222 valence electrons. The lowest BCUT2D eigenvalue weighted by atomic mass is 10.1. The predicted octanol–water partition coefficient (Wildman–Crippen LogP) is 7.12. The minimum atomic E-state index is -4.86. The molecule has 44 heavy (non-hydrogen) atoms. The Morgan fingerprint density at radius 1 is 0.636 bits per heavy atom. The van der Waals surface area contributed by atoms with Gasteiger partial charge < -0.3 is 10.4 Å². The molecule has 0 aromatic heterocycles. The highest BCUT2D eigenvalue weighted by atomic mass is 32.2. The molecule has 0 radical (unpaired) electrons. The molecule has 0 atom stereocenters. The number of hydrogen-bond acceptors (Lipinski definition) is 10. The number of nitrogens with one attached hydrogen (secondary N) is 1. The molecule has 4 N–H and O–H groups in total. The number of carbonyl (C=O) groups excluding carboxylic acids is 1. The van der Waals surface area contributed by atoms with Crippen molar-refractivity contribution < 1.29 is 35.8 Å². The normalized spacial score (nSPS) is 12.2. The van der Waals surface area contributed by atoms with Gasteiger partial charge in [0, 0.05) is 16.6 Å². The Morgan fingerprint density at radius 2 is 1.18 bits per heavy atom. The summed E-state index contributed by atoms with van der Waals surface area (Å²) < 4.78 is 65.7. The molecule has 5 aromatic rings. The summed E-state index contributed by atoms with van der Waals surface area (Å²) in [6.45, 7) is 0. The van der Waals surface area contributed by atoms with E-state index in [-0.39, 0.29) is 21.4 Å². The minimum absolute atomic E-state index is 0.199. The summed E-state index contributed by atoms with van der Waals surface area (Å²) >= 11 is 0. The predicted molar refractivity (Wildman–Crippen MR) is 161 cm³/mol. The van der Waals surface area contributed by atoms with Crippen LogP contribution >= 0.6 is 0 Å². The van der Waals surface area contributed by atoms with E-state index < -0.39 is 42.5 Å². The van der Waals surface area contributed by atoms with Crippen LogP contribution in [0.2, 0.25) is 0 Å². The molecule has 0 saturated carbocycles. The molecule has 0 spiro atoms. The van der Waals surface area contributed by atoms with Gasteiger partial charge in [0.05, 0.1) is 22.0 Å². The summed E-state index contributed by atoms with van der Waals surface area (Å²) in [6.07, 6.45) is 0. The van der Waals surface area contributed by atoms with Gasteiger partial charge in [0.2, 0.25) is 0 Å². The Balaban J connectivity index is 1.39. The van der Waals surface area contributed by atoms with Crippen molar-refractivity contribution in [3.63, 3.8) is 0 Å². The van der Waals surface area contributed by atoms with Crippen LogP contribution in [0.25, 0.3) is 10.8 Å².